The Morgan fingerprint density at radius 1 is 1.39 bits per heavy atom. The summed E-state index contributed by atoms with van der Waals surface area (Å²) in [7, 11) is 0. The van der Waals surface area contributed by atoms with Gasteiger partial charge in [-0.1, -0.05) is 30.1 Å². The zero-order valence-electron chi connectivity index (χ0n) is 10.3. The van der Waals surface area contributed by atoms with E-state index < -0.39 is 0 Å². The molecule has 0 amide bonds. The molecule has 0 unspecified atom stereocenters. The lowest BCUT2D eigenvalue weighted by atomic mass is 10.1. The summed E-state index contributed by atoms with van der Waals surface area (Å²) >= 11 is 11.8. The van der Waals surface area contributed by atoms with Crippen molar-refractivity contribution in [1.29, 1.82) is 0 Å². The van der Waals surface area contributed by atoms with Crippen molar-refractivity contribution in [2.75, 3.05) is 26.2 Å². The second-order valence-electron chi connectivity index (χ2n) is 3.99. The number of carbonyl (C=O) groups excluding carboxylic acids is 1. The van der Waals surface area contributed by atoms with E-state index in [9.17, 15) is 4.79 Å². The molecule has 0 fully saturated rings. The fourth-order valence-electron chi connectivity index (χ4n) is 1.64. The van der Waals surface area contributed by atoms with Gasteiger partial charge in [-0.2, -0.15) is 0 Å². The first-order chi connectivity index (χ1) is 8.58. The molecule has 100 valence electrons. The van der Waals surface area contributed by atoms with Gasteiger partial charge < -0.3 is 5.11 Å². The van der Waals surface area contributed by atoms with Crippen LogP contribution in [0.5, 0.6) is 0 Å². The summed E-state index contributed by atoms with van der Waals surface area (Å²) in [5, 5.41) is 9.71. The van der Waals surface area contributed by atoms with Crippen molar-refractivity contribution < 1.29 is 9.90 Å². The normalized spacial score (nSPS) is 10.9. The summed E-state index contributed by atoms with van der Waals surface area (Å²) in [5.41, 5.74) is 0.451. The fraction of sp³-hybridized carbons (Fsp3) is 0.462. The summed E-state index contributed by atoms with van der Waals surface area (Å²) in [5.74, 6) is -0.0534. The molecule has 0 bridgehead atoms. The third kappa shape index (κ3) is 4.58. The number of Topliss-reactive ketones (excluding diaryl/α,β-unsaturated/α-hetero) is 1. The lowest BCUT2D eigenvalue weighted by Crippen LogP contribution is -2.31. The standard InChI is InChI=1S/C13H17Cl2NO2/c1-2-16(6-3-7-17)9-13(18)11-8-10(14)4-5-12(11)15/h4-5,8,17H,2-3,6-7,9H2,1H3. The minimum absolute atomic E-state index is 0.0534. The lowest BCUT2D eigenvalue weighted by molar-refractivity contribution is 0.0928. The van der Waals surface area contributed by atoms with E-state index in [4.69, 9.17) is 28.3 Å². The van der Waals surface area contributed by atoms with Gasteiger partial charge in [-0.3, -0.25) is 9.69 Å². The molecule has 0 aromatic heterocycles. The average Bonchev–Trinajstić information content (AvgIpc) is 2.37. The Morgan fingerprint density at radius 2 is 2.11 bits per heavy atom. The number of nitrogens with zero attached hydrogens (tertiary/aromatic N) is 1. The largest absolute Gasteiger partial charge is 0.396 e. The Labute approximate surface area is 117 Å². The molecule has 5 heteroatoms. The Bertz CT molecular complexity index is 410. The van der Waals surface area contributed by atoms with Gasteiger partial charge in [-0.15, -0.1) is 0 Å². The number of aliphatic hydroxyl groups is 1. The van der Waals surface area contributed by atoms with Crippen molar-refractivity contribution in [2.24, 2.45) is 0 Å². The number of hydrogen-bond donors (Lipinski definition) is 1. The number of hydrogen-bond acceptors (Lipinski definition) is 3. The summed E-state index contributed by atoms with van der Waals surface area (Å²) in [6.45, 7) is 3.84. The second kappa shape index (κ2) is 7.74. The van der Waals surface area contributed by atoms with Crippen LogP contribution in [0.25, 0.3) is 0 Å². The van der Waals surface area contributed by atoms with Crippen molar-refractivity contribution in [3.8, 4) is 0 Å². The van der Waals surface area contributed by atoms with Gasteiger partial charge in [0.05, 0.1) is 11.6 Å². The summed E-state index contributed by atoms with van der Waals surface area (Å²) in [6, 6.07) is 4.87. The van der Waals surface area contributed by atoms with Crippen molar-refractivity contribution >= 4 is 29.0 Å². The maximum atomic E-state index is 12.1. The zero-order chi connectivity index (χ0) is 13.5. The molecule has 0 spiro atoms. The van der Waals surface area contributed by atoms with Crippen molar-refractivity contribution in [3.05, 3.63) is 33.8 Å². The second-order valence-corrected chi connectivity index (χ2v) is 4.84. The van der Waals surface area contributed by atoms with Crippen LogP contribution < -0.4 is 0 Å². The van der Waals surface area contributed by atoms with E-state index in [-0.39, 0.29) is 18.9 Å². The van der Waals surface area contributed by atoms with Crippen molar-refractivity contribution in [1.82, 2.24) is 4.90 Å². The quantitative estimate of drug-likeness (QED) is 0.785. The maximum Gasteiger partial charge on any atom is 0.178 e. The molecule has 0 atom stereocenters. The van der Waals surface area contributed by atoms with Gasteiger partial charge in [-0.25, -0.2) is 0 Å². The van der Waals surface area contributed by atoms with Crippen molar-refractivity contribution in [3.63, 3.8) is 0 Å². The van der Waals surface area contributed by atoms with Crippen LogP contribution in [0.15, 0.2) is 18.2 Å². The number of benzene rings is 1. The van der Waals surface area contributed by atoms with Crippen LogP contribution >= 0.6 is 23.2 Å². The lowest BCUT2D eigenvalue weighted by Gasteiger charge is -2.19. The molecule has 0 aliphatic carbocycles. The average molecular weight is 290 g/mol. The van der Waals surface area contributed by atoms with E-state index in [1.165, 1.54) is 0 Å². The van der Waals surface area contributed by atoms with Crippen LogP contribution in [-0.4, -0.2) is 42.0 Å². The highest BCUT2D eigenvalue weighted by Crippen LogP contribution is 2.21. The van der Waals surface area contributed by atoms with Crippen LogP contribution in [-0.2, 0) is 0 Å². The zero-order valence-corrected chi connectivity index (χ0v) is 11.8. The van der Waals surface area contributed by atoms with Gasteiger partial charge in [0.25, 0.3) is 0 Å². The molecular formula is C13H17Cl2NO2. The van der Waals surface area contributed by atoms with Crippen LogP contribution in [0.1, 0.15) is 23.7 Å². The Kier molecular flexibility index (Phi) is 6.65. The molecular weight excluding hydrogens is 273 g/mol. The minimum Gasteiger partial charge on any atom is -0.396 e. The monoisotopic (exact) mass is 289 g/mol. The number of carbonyl (C=O) groups is 1. The smallest absolute Gasteiger partial charge is 0.178 e. The summed E-state index contributed by atoms with van der Waals surface area (Å²) in [6.07, 6.45) is 0.657. The van der Waals surface area contributed by atoms with Crippen molar-refractivity contribution in [2.45, 2.75) is 13.3 Å². The van der Waals surface area contributed by atoms with Gasteiger partial charge in [0.2, 0.25) is 0 Å². The number of likely N-dealkylation sites (N-methyl/N-ethyl adjacent to an activating group) is 1. The Morgan fingerprint density at radius 3 is 2.72 bits per heavy atom. The molecule has 0 aliphatic heterocycles. The molecule has 0 aliphatic rings. The molecule has 0 saturated carbocycles. The van der Waals surface area contributed by atoms with Gasteiger partial charge in [0.15, 0.2) is 5.78 Å². The molecule has 1 rings (SSSR count). The maximum absolute atomic E-state index is 12.1. The molecule has 1 N–H and O–H groups in total. The first-order valence-corrected chi connectivity index (χ1v) is 6.65. The number of halogens is 2. The Hall–Kier alpha value is -0.610. The number of rotatable bonds is 7. The molecule has 0 heterocycles. The topological polar surface area (TPSA) is 40.5 Å². The molecule has 18 heavy (non-hydrogen) atoms. The van der Waals surface area contributed by atoms with E-state index in [0.29, 0.717) is 28.6 Å². The highest BCUT2D eigenvalue weighted by atomic mass is 35.5. The minimum atomic E-state index is -0.0534. The predicted molar refractivity (Wildman–Crippen MR) is 74.6 cm³/mol. The Balaban J connectivity index is 2.71. The van der Waals surface area contributed by atoms with E-state index in [1.807, 2.05) is 11.8 Å². The van der Waals surface area contributed by atoms with Gasteiger partial charge in [0, 0.05) is 23.7 Å². The molecule has 1 aromatic rings. The molecule has 0 saturated heterocycles. The first kappa shape index (κ1) is 15.4. The van der Waals surface area contributed by atoms with E-state index >= 15 is 0 Å². The number of aliphatic hydroxyl groups excluding tert-OH is 1. The third-order valence-corrected chi connectivity index (χ3v) is 3.24. The highest BCUT2D eigenvalue weighted by molar-refractivity contribution is 6.36. The van der Waals surface area contributed by atoms with Crippen LogP contribution in [0.4, 0.5) is 0 Å². The van der Waals surface area contributed by atoms with Crippen LogP contribution in [0.2, 0.25) is 10.0 Å². The van der Waals surface area contributed by atoms with E-state index in [1.54, 1.807) is 18.2 Å². The van der Waals surface area contributed by atoms with Gasteiger partial charge in [-0.05, 0) is 31.2 Å². The fourth-order valence-corrected chi connectivity index (χ4v) is 2.04. The molecule has 0 radical (unpaired) electrons. The number of ketones is 1. The van der Waals surface area contributed by atoms with Gasteiger partial charge in [0.1, 0.15) is 0 Å². The van der Waals surface area contributed by atoms with Crippen LogP contribution in [0.3, 0.4) is 0 Å². The van der Waals surface area contributed by atoms with E-state index in [2.05, 4.69) is 0 Å². The molecule has 1 aromatic carbocycles. The van der Waals surface area contributed by atoms with Crippen LogP contribution in [0, 0.1) is 0 Å². The SMILES string of the molecule is CCN(CCCO)CC(=O)c1cc(Cl)ccc1Cl. The highest BCUT2D eigenvalue weighted by Gasteiger charge is 2.14. The van der Waals surface area contributed by atoms with E-state index in [0.717, 1.165) is 6.54 Å². The predicted octanol–water partition coefficient (Wildman–Crippen LogP) is 2.88. The summed E-state index contributed by atoms with van der Waals surface area (Å²) < 4.78 is 0. The first-order valence-electron chi connectivity index (χ1n) is 5.90. The molecule has 3 nitrogen and oxygen atoms in total. The third-order valence-electron chi connectivity index (χ3n) is 2.68. The summed E-state index contributed by atoms with van der Waals surface area (Å²) in [4.78, 5) is 14.1. The van der Waals surface area contributed by atoms with Gasteiger partial charge >= 0.3 is 0 Å².